The number of aromatic nitrogens is 3. The standard InChI is InChI=1S/C15H15ClN4S/c1-19-9-3-5-11(19)15-18-10-4-2-8-17-14(10)20(15)13-7-6-12(16)21-13/h2,4,6-8,11H,3,5,9H2,1H3. The van der Waals surface area contributed by atoms with Crippen LogP contribution in [0.3, 0.4) is 0 Å². The molecule has 0 amide bonds. The van der Waals surface area contributed by atoms with Gasteiger partial charge in [0.15, 0.2) is 5.65 Å². The van der Waals surface area contributed by atoms with Gasteiger partial charge in [0.05, 0.1) is 10.4 Å². The second kappa shape index (κ2) is 5.09. The van der Waals surface area contributed by atoms with Crippen LogP contribution in [0.5, 0.6) is 0 Å². The van der Waals surface area contributed by atoms with E-state index in [9.17, 15) is 0 Å². The van der Waals surface area contributed by atoms with E-state index in [1.165, 1.54) is 6.42 Å². The highest BCUT2D eigenvalue weighted by atomic mass is 35.5. The number of halogens is 1. The van der Waals surface area contributed by atoms with Gasteiger partial charge in [0.2, 0.25) is 0 Å². The van der Waals surface area contributed by atoms with Crippen LogP contribution in [0.25, 0.3) is 16.2 Å². The van der Waals surface area contributed by atoms with E-state index in [1.54, 1.807) is 11.3 Å². The molecule has 4 heterocycles. The zero-order chi connectivity index (χ0) is 14.4. The van der Waals surface area contributed by atoms with Gasteiger partial charge in [-0.2, -0.15) is 0 Å². The number of rotatable bonds is 2. The minimum absolute atomic E-state index is 0.347. The van der Waals surface area contributed by atoms with Crippen LogP contribution >= 0.6 is 22.9 Å². The molecule has 1 atom stereocenters. The van der Waals surface area contributed by atoms with Crippen molar-refractivity contribution >= 4 is 34.1 Å². The lowest BCUT2D eigenvalue weighted by Gasteiger charge is -2.19. The molecule has 4 nitrogen and oxygen atoms in total. The van der Waals surface area contributed by atoms with Gasteiger partial charge in [-0.15, -0.1) is 11.3 Å². The first kappa shape index (κ1) is 13.2. The van der Waals surface area contributed by atoms with Crippen molar-refractivity contribution in [3.05, 3.63) is 40.6 Å². The topological polar surface area (TPSA) is 34.0 Å². The molecule has 1 saturated heterocycles. The van der Waals surface area contributed by atoms with Crippen molar-refractivity contribution in [2.24, 2.45) is 0 Å². The molecule has 3 aromatic rings. The zero-order valence-electron chi connectivity index (χ0n) is 11.7. The molecule has 4 rings (SSSR count). The molecule has 21 heavy (non-hydrogen) atoms. The van der Waals surface area contributed by atoms with Gasteiger partial charge in [-0.1, -0.05) is 11.6 Å². The van der Waals surface area contributed by atoms with Crippen LogP contribution in [-0.2, 0) is 0 Å². The lowest BCUT2D eigenvalue weighted by atomic mass is 10.2. The number of pyridine rings is 1. The van der Waals surface area contributed by atoms with E-state index in [4.69, 9.17) is 16.6 Å². The number of imidazole rings is 1. The van der Waals surface area contributed by atoms with E-state index < -0.39 is 0 Å². The van der Waals surface area contributed by atoms with Crippen molar-refractivity contribution < 1.29 is 0 Å². The molecule has 0 spiro atoms. The van der Waals surface area contributed by atoms with Gasteiger partial charge in [0.1, 0.15) is 16.3 Å². The van der Waals surface area contributed by atoms with Crippen LogP contribution in [0.15, 0.2) is 30.5 Å². The first-order chi connectivity index (χ1) is 10.2. The Balaban J connectivity index is 1.97. The largest absolute Gasteiger partial charge is 0.297 e. The number of nitrogens with zero attached hydrogens (tertiary/aromatic N) is 4. The van der Waals surface area contributed by atoms with Gasteiger partial charge in [0.25, 0.3) is 0 Å². The van der Waals surface area contributed by atoms with Gasteiger partial charge in [-0.25, -0.2) is 9.97 Å². The average molecular weight is 319 g/mol. The molecule has 1 aliphatic heterocycles. The number of likely N-dealkylation sites (tertiary alicyclic amines) is 1. The average Bonchev–Trinajstić information content (AvgIpc) is 3.16. The maximum Gasteiger partial charge on any atom is 0.165 e. The molecular weight excluding hydrogens is 304 g/mol. The van der Waals surface area contributed by atoms with Crippen molar-refractivity contribution in [3.8, 4) is 5.00 Å². The normalized spacial score (nSPS) is 19.6. The Bertz CT molecular complexity index is 794. The summed E-state index contributed by atoms with van der Waals surface area (Å²) in [4.78, 5) is 11.8. The summed E-state index contributed by atoms with van der Waals surface area (Å²) in [7, 11) is 2.16. The van der Waals surface area contributed by atoms with Gasteiger partial charge in [0, 0.05) is 6.20 Å². The first-order valence-electron chi connectivity index (χ1n) is 7.03. The fourth-order valence-electron chi connectivity index (χ4n) is 3.03. The van der Waals surface area contributed by atoms with Crippen LogP contribution in [-0.4, -0.2) is 33.0 Å². The Kier molecular flexibility index (Phi) is 3.21. The van der Waals surface area contributed by atoms with Crippen molar-refractivity contribution in [3.63, 3.8) is 0 Å². The highest BCUT2D eigenvalue weighted by Crippen LogP contribution is 2.35. The second-order valence-electron chi connectivity index (χ2n) is 5.37. The minimum atomic E-state index is 0.347. The molecule has 1 unspecified atom stereocenters. The summed E-state index contributed by atoms with van der Waals surface area (Å²) in [6, 6.07) is 8.27. The molecule has 108 valence electrons. The summed E-state index contributed by atoms with van der Waals surface area (Å²) in [5.74, 6) is 1.07. The van der Waals surface area contributed by atoms with Gasteiger partial charge in [-0.3, -0.25) is 9.47 Å². The van der Waals surface area contributed by atoms with Crippen LogP contribution in [0.4, 0.5) is 0 Å². The fraction of sp³-hybridized carbons (Fsp3) is 0.333. The van der Waals surface area contributed by atoms with Crippen LogP contribution in [0.1, 0.15) is 24.7 Å². The van der Waals surface area contributed by atoms with Gasteiger partial charge in [-0.05, 0) is 50.7 Å². The molecule has 0 saturated carbocycles. The summed E-state index contributed by atoms with van der Waals surface area (Å²) in [6.45, 7) is 1.12. The summed E-state index contributed by atoms with van der Waals surface area (Å²) < 4.78 is 2.95. The van der Waals surface area contributed by atoms with Crippen molar-refractivity contribution in [2.75, 3.05) is 13.6 Å². The number of hydrogen-bond acceptors (Lipinski definition) is 4. The van der Waals surface area contributed by atoms with Crippen molar-refractivity contribution in [1.29, 1.82) is 0 Å². The van der Waals surface area contributed by atoms with E-state index in [-0.39, 0.29) is 0 Å². The summed E-state index contributed by atoms with van der Waals surface area (Å²) in [6.07, 6.45) is 4.17. The summed E-state index contributed by atoms with van der Waals surface area (Å²) in [5, 5.41) is 1.08. The maximum absolute atomic E-state index is 6.12. The Morgan fingerprint density at radius 2 is 2.24 bits per heavy atom. The molecule has 0 aromatic carbocycles. The molecule has 1 fully saturated rings. The predicted molar refractivity (Wildman–Crippen MR) is 86.4 cm³/mol. The molecule has 0 N–H and O–H groups in total. The number of hydrogen-bond donors (Lipinski definition) is 0. The van der Waals surface area contributed by atoms with Crippen molar-refractivity contribution in [2.45, 2.75) is 18.9 Å². The van der Waals surface area contributed by atoms with E-state index in [2.05, 4.69) is 21.5 Å². The quantitative estimate of drug-likeness (QED) is 0.718. The zero-order valence-corrected chi connectivity index (χ0v) is 13.2. The molecule has 0 aliphatic carbocycles. The smallest absolute Gasteiger partial charge is 0.165 e. The van der Waals surface area contributed by atoms with E-state index in [0.717, 1.165) is 39.3 Å². The summed E-state index contributed by atoms with van der Waals surface area (Å²) in [5.41, 5.74) is 1.85. The van der Waals surface area contributed by atoms with Crippen LogP contribution in [0, 0.1) is 0 Å². The van der Waals surface area contributed by atoms with E-state index in [0.29, 0.717) is 6.04 Å². The van der Waals surface area contributed by atoms with Gasteiger partial charge < -0.3 is 0 Å². The fourth-order valence-corrected chi connectivity index (χ4v) is 4.08. The monoisotopic (exact) mass is 318 g/mol. The minimum Gasteiger partial charge on any atom is -0.297 e. The summed E-state index contributed by atoms with van der Waals surface area (Å²) >= 11 is 7.69. The van der Waals surface area contributed by atoms with Crippen LogP contribution < -0.4 is 0 Å². The molecule has 3 aromatic heterocycles. The highest BCUT2D eigenvalue weighted by molar-refractivity contribution is 7.18. The number of fused-ring (bicyclic) bond motifs is 1. The Morgan fingerprint density at radius 3 is 2.95 bits per heavy atom. The van der Waals surface area contributed by atoms with Crippen molar-refractivity contribution in [1.82, 2.24) is 19.4 Å². The Labute approximate surface area is 132 Å². The van der Waals surface area contributed by atoms with Crippen LogP contribution in [0.2, 0.25) is 4.34 Å². The molecule has 6 heteroatoms. The first-order valence-corrected chi connectivity index (χ1v) is 8.23. The second-order valence-corrected chi connectivity index (χ2v) is 7.06. The third kappa shape index (κ3) is 2.16. The van der Waals surface area contributed by atoms with Gasteiger partial charge >= 0.3 is 0 Å². The highest BCUT2D eigenvalue weighted by Gasteiger charge is 2.29. The SMILES string of the molecule is CN1CCCC1c1nc2cccnc2n1-c1ccc(Cl)s1. The molecule has 0 bridgehead atoms. The third-order valence-corrected chi connectivity index (χ3v) is 5.26. The lowest BCUT2D eigenvalue weighted by Crippen LogP contribution is -2.20. The number of thiophene rings is 1. The predicted octanol–water partition coefficient (Wildman–Crippen LogP) is 3.90. The third-order valence-electron chi connectivity index (χ3n) is 4.04. The molecule has 1 aliphatic rings. The Hall–Kier alpha value is -1.43. The maximum atomic E-state index is 6.12. The molecule has 0 radical (unpaired) electrons. The lowest BCUT2D eigenvalue weighted by molar-refractivity contribution is 0.304. The van der Waals surface area contributed by atoms with E-state index >= 15 is 0 Å². The Morgan fingerprint density at radius 1 is 1.33 bits per heavy atom. The molecular formula is C15H15ClN4S. The van der Waals surface area contributed by atoms with E-state index in [1.807, 2.05) is 30.5 Å².